The first-order valence-corrected chi connectivity index (χ1v) is 2.83. The van der Waals surface area contributed by atoms with Crippen LogP contribution in [-0.4, -0.2) is 4.98 Å². The Balaban J connectivity index is 2.95. The zero-order chi connectivity index (χ0) is 7.84. The van der Waals surface area contributed by atoms with Gasteiger partial charge in [-0.3, -0.25) is 0 Å². The Morgan fingerprint density at radius 1 is 1.11 bits per heavy atom. The molecule has 1 nitrogen and oxygen atoms in total. The number of rotatable bonds is 0. The van der Waals surface area contributed by atoms with Gasteiger partial charge in [-0.2, -0.15) is 0 Å². The predicted octanol–water partition coefficient (Wildman–Crippen LogP) is 2.17. The van der Waals surface area contributed by atoms with Gasteiger partial charge in [0, 0.05) is 12.3 Å². The van der Waals surface area contributed by atoms with Crippen LogP contribution in [0.25, 0.3) is 10.8 Å². The molecule has 44 valence electrons. The lowest BCUT2D eigenvalue weighted by molar-refractivity contribution is 1.43. The van der Waals surface area contributed by atoms with Crippen molar-refractivity contribution in [3.8, 4) is 0 Å². The number of nitrogens with one attached hydrogen (secondary N) is 1. The Morgan fingerprint density at radius 3 is 2.22 bits per heavy atom. The molecular formula is C8H7N. The van der Waals surface area contributed by atoms with Gasteiger partial charge in [-0.25, -0.2) is 0 Å². The molecule has 1 heteroatoms. The first kappa shape index (κ1) is 3.06. The highest BCUT2D eigenvalue weighted by Gasteiger charge is 1.86. The smallest absolute Gasteiger partial charge is 0.0822 e. The van der Waals surface area contributed by atoms with Gasteiger partial charge in [0.2, 0.25) is 0 Å². The van der Waals surface area contributed by atoms with E-state index in [0.717, 1.165) is 10.8 Å². The van der Waals surface area contributed by atoms with Crippen molar-refractivity contribution in [3.05, 3.63) is 36.6 Å². The largest absolute Gasteiger partial charge is 0.366 e. The van der Waals surface area contributed by atoms with Gasteiger partial charge < -0.3 is 4.98 Å². The summed E-state index contributed by atoms with van der Waals surface area (Å²) in [5.74, 6) is 0. The number of aromatic amines is 1. The number of hydrogen-bond donors (Lipinski definition) is 1. The maximum atomic E-state index is 7.41. The van der Waals surface area contributed by atoms with Crippen molar-refractivity contribution in [2.24, 2.45) is 0 Å². The Hall–Kier alpha value is -1.24. The monoisotopic (exact) mass is 119 g/mol. The van der Waals surface area contributed by atoms with Gasteiger partial charge in [0.1, 0.15) is 0 Å². The molecule has 1 N–H and O–H groups in total. The van der Waals surface area contributed by atoms with Crippen LogP contribution < -0.4 is 0 Å². The summed E-state index contributed by atoms with van der Waals surface area (Å²) in [6.07, 6.45) is 0.649. The van der Waals surface area contributed by atoms with Crippen LogP contribution >= 0.6 is 0 Å². The number of aromatic nitrogens is 1. The third-order valence-corrected chi connectivity index (χ3v) is 1.32. The van der Waals surface area contributed by atoms with Gasteiger partial charge in [0.25, 0.3) is 0 Å². The molecule has 1 heterocycles. The molecule has 0 radical (unpaired) electrons. The van der Waals surface area contributed by atoms with Crippen LogP contribution in [0.3, 0.4) is 0 Å². The molecule has 1 aromatic heterocycles. The average Bonchev–Trinajstić information content (AvgIpc) is 2.30. The highest BCUT2D eigenvalue weighted by atomic mass is 14.6. The van der Waals surface area contributed by atoms with E-state index in [2.05, 4.69) is 4.98 Å². The van der Waals surface area contributed by atoms with Gasteiger partial charge in [-0.05, 0) is 10.8 Å². The molecule has 0 saturated carbocycles. The minimum Gasteiger partial charge on any atom is -0.366 e. The SMILES string of the molecule is [2H]c1[nH]c([2H])c2ccccc12. The molecule has 0 unspecified atom stereocenters. The van der Waals surface area contributed by atoms with Crippen molar-refractivity contribution in [2.45, 2.75) is 0 Å². The Kier molecular flexibility index (Phi) is 0.552. The van der Waals surface area contributed by atoms with E-state index >= 15 is 0 Å². The number of benzene rings is 1. The molecular weight excluding hydrogens is 110 g/mol. The van der Waals surface area contributed by atoms with E-state index in [9.17, 15) is 0 Å². The standard InChI is InChI=1S/C8H7N/c1-2-4-8-6-9-5-7(8)3-1/h1-6,9H/i5D,6D. The molecule has 2 rings (SSSR count). The van der Waals surface area contributed by atoms with Crippen LogP contribution in [0.5, 0.6) is 0 Å². The molecule has 0 aliphatic rings. The van der Waals surface area contributed by atoms with Crippen LogP contribution in [0, 0.1) is 0 Å². The number of fused-ring (bicyclic) bond motifs is 1. The van der Waals surface area contributed by atoms with Crippen molar-refractivity contribution < 1.29 is 2.74 Å². The molecule has 0 amide bonds. The van der Waals surface area contributed by atoms with Crippen LogP contribution in [0.4, 0.5) is 0 Å². The quantitative estimate of drug-likeness (QED) is 0.547. The van der Waals surface area contributed by atoms with E-state index in [-0.39, 0.29) is 0 Å². The van der Waals surface area contributed by atoms with Crippen molar-refractivity contribution in [1.82, 2.24) is 4.98 Å². The van der Waals surface area contributed by atoms with E-state index in [1.807, 2.05) is 24.3 Å². The normalized spacial score (nSPS) is 13.3. The van der Waals surface area contributed by atoms with Gasteiger partial charge in [0.05, 0.1) is 2.74 Å². The Bertz CT molecular complexity index is 356. The van der Waals surface area contributed by atoms with Gasteiger partial charge in [-0.15, -0.1) is 0 Å². The summed E-state index contributed by atoms with van der Waals surface area (Å²) in [5.41, 5.74) is 0. The lowest BCUT2D eigenvalue weighted by atomic mass is 10.2. The summed E-state index contributed by atoms with van der Waals surface area (Å²) in [5, 5.41) is 1.63. The molecule has 0 fully saturated rings. The fourth-order valence-corrected chi connectivity index (χ4v) is 0.867. The minimum atomic E-state index is 0.325. The molecule has 0 aliphatic carbocycles. The molecule has 2 aromatic rings. The van der Waals surface area contributed by atoms with Crippen molar-refractivity contribution in [2.75, 3.05) is 0 Å². The van der Waals surface area contributed by atoms with Crippen molar-refractivity contribution in [1.29, 1.82) is 0 Å². The van der Waals surface area contributed by atoms with E-state index in [4.69, 9.17) is 2.74 Å². The first-order chi connectivity index (χ1) is 5.29. The second kappa shape index (κ2) is 1.62. The zero-order valence-corrected chi connectivity index (χ0v) is 4.81. The van der Waals surface area contributed by atoms with Crippen LogP contribution in [0.15, 0.2) is 36.6 Å². The Labute approximate surface area is 56.1 Å². The molecule has 0 spiro atoms. The van der Waals surface area contributed by atoms with Gasteiger partial charge >= 0.3 is 0 Å². The predicted molar refractivity (Wildman–Crippen MR) is 38.3 cm³/mol. The first-order valence-electron chi connectivity index (χ1n) is 3.83. The fraction of sp³-hybridized carbons (Fsp3) is 0. The van der Waals surface area contributed by atoms with E-state index in [1.165, 1.54) is 0 Å². The van der Waals surface area contributed by atoms with Gasteiger partial charge in [-0.1, -0.05) is 24.3 Å². The molecule has 9 heavy (non-hydrogen) atoms. The lowest BCUT2D eigenvalue weighted by Gasteiger charge is -1.81. The molecule has 0 aliphatic heterocycles. The number of hydrogen-bond acceptors (Lipinski definition) is 0. The molecule has 1 aromatic carbocycles. The van der Waals surface area contributed by atoms with Crippen molar-refractivity contribution in [3.63, 3.8) is 0 Å². The summed E-state index contributed by atoms with van der Waals surface area (Å²) in [6, 6.07) is 7.42. The van der Waals surface area contributed by atoms with Crippen LogP contribution in [0.2, 0.25) is 0 Å². The highest BCUT2D eigenvalue weighted by molar-refractivity contribution is 5.81. The third-order valence-electron chi connectivity index (χ3n) is 1.32. The maximum absolute atomic E-state index is 7.41. The van der Waals surface area contributed by atoms with E-state index in [0.29, 0.717) is 12.3 Å². The fourth-order valence-electron chi connectivity index (χ4n) is 0.867. The topological polar surface area (TPSA) is 15.8 Å². The second-order valence-corrected chi connectivity index (χ2v) is 1.92. The maximum Gasteiger partial charge on any atom is 0.0822 e. The highest BCUT2D eigenvalue weighted by Crippen LogP contribution is 2.10. The van der Waals surface area contributed by atoms with E-state index in [1.54, 1.807) is 0 Å². The van der Waals surface area contributed by atoms with E-state index < -0.39 is 0 Å². The van der Waals surface area contributed by atoms with Crippen LogP contribution in [-0.2, 0) is 0 Å². The zero-order valence-electron chi connectivity index (χ0n) is 6.81. The van der Waals surface area contributed by atoms with Crippen molar-refractivity contribution >= 4 is 10.8 Å². The lowest BCUT2D eigenvalue weighted by Crippen LogP contribution is -1.57. The Morgan fingerprint density at radius 2 is 1.67 bits per heavy atom. The summed E-state index contributed by atoms with van der Waals surface area (Å²) in [7, 11) is 0. The summed E-state index contributed by atoms with van der Waals surface area (Å²) >= 11 is 0. The third kappa shape index (κ3) is 0.617. The summed E-state index contributed by atoms with van der Waals surface area (Å²) in [6.45, 7) is 0. The second-order valence-electron chi connectivity index (χ2n) is 1.92. The van der Waals surface area contributed by atoms with Gasteiger partial charge in [0.15, 0.2) is 0 Å². The minimum absolute atomic E-state index is 0.325. The number of H-pyrrole nitrogens is 1. The molecule has 0 bridgehead atoms. The average molecular weight is 119 g/mol. The summed E-state index contributed by atoms with van der Waals surface area (Å²) < 4.78 is 14.8. The molecule has 0 atom stereocenters. The van der Waals surface area contributed by atoms with Crippen LogP contribution in [0.1, 0.15) is 2.74 Å². The molecule has 0 saturated heterocycles. The summed E-state index contributed by atoms with van der Waals surface area (Å²) in [4.78, 5) is 2.65.